The van der Waals surface area contributed by atoms with Gasteiger partial charge in [-0.25, -0.2) is 0 Å². The topological polar surface area (TPSA) is 70.5 Å². The Kier molecular flexibility index (Phi) is 6.24. The number of carbonyl (C=O) groups is 2. The van der Waals surface area contributed by atoms with Crippen LogP contribution in [0.4, 0.5) is 0 Å². The number of benzene rings is 1. The van der Waals surface area contributed by atoms with Crippen LogP contribution in [-0.2, 0) is 16.0 Å². The van der Waals surface area contributed by atoms with Crippen LogP contribution in [0.2, 0.25) is 0 Å². The molecule has 0 radical (unpaired) electrons. The lowest BCUT2D eigenvalue weighted by molar-refractivity contribution is -0.140. The second-order valence-corrected chi connectivity index (χ2v) is 7.00. The number of pyridine rings is 1. The van der Waals surface area contributed by atoms with E-state index in [4.69, 9.17) is 0 Å². The molecule has 0 bridgehead atoms. The van der Waals surface area contributed by atoms with Crippen molar-refractivity contribution in [3.8, 4) is 0 Å². The number of carbonyl (C=O) groups excluding carboxylic acids is 2. The number of rotatable bonds is 7. The zero-order valence-electron chi connectivity index (χ0n) is 16.4. The molecule has 1 aliphatic heterocycles. The van der Waals surface area contributed by atoms with Crippen LogP contribution in [0.15, 0.2) is 54.2 Å². The maximum atomic E-state index is 12.8. The fraction of sp³-hybridized carbons (Fsp3) is 0.348. The van der Waals surface area contributed by atoms with E-state index >= 15 is 0 Å². The van der Waals surface area contributed by atoms with E-state index in [1.807, 2.05) is 18.2 Å². The predicted octanol–water partition coefficient (Wildman–Crippen LogP) is 4.26. The number of unbranched alkanes of at least 4 members (excludes halogenated alkanes) is 2. The molecule has 1 amide bonds. The monoisotopic (exact) mass is 378 g/mol. The molecule has 5 nitrogen and oxygen atoms in total. The van der Waals surface area contributed by atoms with E-state index in [1.165, 1.54) is 0 Å². The fourth-order valence-electron chi connectivity index (χ4n) is 3.54. The Bertz CT molecular complexity index is 872. The molecule has 2 heterocycles. The molecule has 5 heteroatoms. The van der Waals surface area contributed by atoms with Crippen LogP contribution >= 0.6 is 0 Å². The number of ketones is 1. The number of amides is 1. The summed E-state index contributed by atoms with van der Waals surface area (Å²) in [6, 6.07) is 12.1. The summed E-state index contributed by atoms with van der Waals surface area (Å²) in [7, 11) is 0. The van der Waals surface area contributed by atoms with E-state index < -0.39 is 17.7 Å². The van der Waals surface area contributed by atoms with E-state index in [2.05, 4.69) is 18.8 Å². The number of aliphatic hydroxyl groups is 1. The standard InChI is InChI=1S/C23H26N2O3/c1-3-5-8-15-25-20(18-9-6-7-14-24-18)19(22(27)23(25)28)21(26)17-12-10-16(4-2)11-13-17/h6-7,9-14,20,26H,3-5,8,15H2,1-2H3/b21-19-. The van der Waals surface area contributed by atoms with Crippen molar-refractivity contribution in [1.82, 2.24) is 9.88 Å². The van der Waals surface area contributed by atoms with Crippen LogP contribution < -0.4 is 0 Å². The van der Waals surface area contributed by atoms with Crippen molar-refractivity contribution >= 4 is 17.4 Å². The van der Waals surface area contributed by atoms with Gasteiger partial charge in [0.2, 0.25) is 0 Å². The van der Waals surface area contributed by atoms with Crippen molar-refractivity contribution in [2.75, 3.05) is 6.54 Å². The highest BCUT2D eigenvalue weighted by Crippen LogP contribution is 2.38. The Hall–Kier alpha value is -2.95. The van der Waals surface area contributed by atoms with Crippen molar-refractivity contribution in [1.29, 1.82) is 0 Å². The van der Waals surface area contributed by atoms with Gasteiger partial charge in [-0.1, -0.05) is 57.0 Å². The molecule has 0 saturated carbocycles. The van der Waals surface area contributed by atoms with Gasteiger partial charge in [0.1, 0.15) is 11.8 Å². The second-order valence-electron chi connectivity index (χ2n) is 7.00. The minimum absolute atomic E-state index is 0.115. The molecule has 1 aromatic heterocycles. The zero-order chi connectivity index (χ0) is 20.1. The summed E-state index contributed by atoms with van der Waals surface area (Å²) in [5, 5.41) is 10.9. The first kappa shape index (κ1) is 19.8. The first-order valence-electron chi connectivity index (χ1n) is 9.87. The number of hydrogen-bond acceptors (Lipinski definition) is 4. The average Bonchev–Trinajstić information content (AvgIpc) is 2.99. The molecule has 28 heavy (non-hydrogen) atoms. The van der Waals surface area contributed by atoms with Crippen LogP contribution in [0.3, 0.4) is 0 Å². The van der Waals surface area contributed by atoms with Gasteiger partial charge in [-0.05, 0) is 30.5 Å². The number of aryl methyl sites for hydroxylation is 1. The van der Waals surface area contributed by atoms with E-state index in [9.17, 15) is 14.7 Å². The molecule has 1 atom stereocenters. The zero-order valence-corrected chi connectivity index (χ0v) is 16.4. The van der Waals surface area contributed by atoms with Gasteiger partial charge < -0.3 is 10.0 Å². The molecule has 1 fully saturated rings. The van der Waals surface area contributed by atoms with Crippen molar-refractivity contribution < 1.29 is 14.7 Å². The lowest BCUT2D eigenvalue weighted by Crippen LogP contribution is -2.31. The predicted molar refractivity (Wildman–Crippen MR) is 109 cm³/mol. The maximum Gasteiger partial charge on any atom is 0.295 e. The average molecular weight is 378 g/mol. The van der Waals surface area contributed by atoms with Gasteiger partial charge in [0.15, 0.2) is 0 Å². The molecule has 1 saturated heterocycles. The first-order valence-corrected chi connectivity index (χ1v) is 9.87. The van der Waals surface area contributed by atoms with Crippen LogP contribution in [0.1, 0.15) is 56.0 Å². The molecule has 1 N–H and O–H groups in total. The summed E-state index contributed by atoms with van der Waals surface area (Å²) in [6.07, 6.45) is 5.31. The number of Topliss-reactive ketones (excluding diaryl/α,β-unsaturated/α-hetero) is 1. The Morgan fingerprint density at radius 1 is 1.07 bits per heavy atom. The number of aliphatic hydroxyl groups excluding tert-OH is 1. The summed E-state index contributed by atoms with van der Waals surface area (Å²) >= 11 is 0. The minimum atomic E-state index is -0.663. The summed E-state index contributed by atoms with van der Waals surface area (Å²) in [4.78, 5) is 31.5. The lowest BCUT2D eigenvalue weighted by atomic mass is 9.97. The van der Waals surface area contributed by atoms with Crippen LogP contribution in [0, 0.1) is 0 Å². The molecule has 1 aromatic carbocycles. The van der Waals surface area contributed by atoms with E-state index in [1.54, 1.807) is 35.4 Å². The molecule has 0 spiro atoms. The molecular formula is C23H26N2O3. The summed E-state index contributed by atoms with van der Waals surface area (Å²) < 4.78 is 0. The number of nitrogens with zero attached hydrogens (tertiary/aromatic N) is 2. The van der Waals surface area contributed by atoms with Crippen LogP contribution in [0.25, 0.3) is 5.76 Å². The second kappa shape index (κ2) is 8.83. The van der Waals surface area contributed by atoms with Crippen molar-refractivity contribution in [2.45, 2.75) is 45.6 Å². The van der Waals surface area contributed by atoms with Gasteiger partial charge in [0.05, 0.1) is 11.3 Å². The molecule has 2 aromatic rings. The van der Waals surface area contributed by atoms with Gasteiger partial charge in [0.25, 0.3) is 11.7 Å². The lowest BCUT2D eigenvalue weighted by Gasteiger charge is -2.24. The maximum absolute atomic E-state index is 12.8. The third-order valence-electron chi connectivity index (χ3n) is 5.15. The van der Waals surface area contributed by atoms with Gasteiger partial charge in [-0.3, -0.25) is 14.6 Å². The van der Waals surface area contributed by atoms with Gasteiger partial charge in [0, 0.05) is 18.3 Å². The first-order chi connectivity index (χ1) is 13.6. The minimum Gasteiger partial charge on any atom is -0.507 e. The summed E-state index contributed by atoms with van der Waals surface area (Å²) in [5.74, 6) is -1.36. The summed E-state index contributed by atoms with van der Waals surface area (Å²) in [6.45, 7) is 4.60. The molecule has 3 rings (SSSR count). The SMILES string of the molecule is CCCCCN1C(=O)C(=O)/C(=C(\O)c2ccc(CC)cc2)C1c1ccccn1. The molecular weight excluding hydrogens is 352 g/mol. The van der Waals surface area contributed by atoms with Gasteiger partial charge >= 0.3 is 0 Å². The number of likely N-dealkylation sites (tertiary alicyclic amines) is 1. The van der Waals surface area contributed by atoms with Crippen molar-refractivity contribution in [3.63, 3.8) is 0 Å². The Morgan fingerprint density at radius 2 is 1.82 bits per heavy atom. The molecule has 146 valence electrons. The highest BCUT2D eigenvalue weighted by molar-refractivity contribution is 6.46. The normalized spacial score (nSPS) is 18.6. The van der Waals surface area contributed by atoms with Crippen LogP contribution in [-0.4, -0.2) is 33.2 Å². The summed E-state index contributed by atoms with van der Waals surface area (Å²) in [5.41, 5.74) is 2.37. The fourth-order valence-corrected chi connectivity index (χ4v) is 3.54. The molecule has 0 aliphatic carbocycles. The van der Waals surface area contributed by atoms with Crippen molar-refractivity contribution in [2.24, 2.45) is 0 Å². The Balaban J connectivity index is 2.07. The number of aromatic nitrogens is 1. The Labute approximate surface area is 165 Å². The third-order valence-corrected chi connectivity index (χ3v) is 5.15. The van der Waals surface area contributed by atoms with E-state index in [0.717, 1.165) is 31.2 Å². The highest BCUT2D eigenvalue weighted by Gasteiger charge is 2.46. The van der Waals surface area contributed by atoms with E-state index in [-0.39, 0.29) is 11.3 Å². The highest BCUT2D eigenvalue weighted by atomic mass is 16.3. The molecule has 1 unspecified atom stereocenters. The van der Waals surface area contributed by atoms with Gasteiger partial charge in [-0.15, -0.1) is 0 Å². The van der Waals surface area contributed by atoms with E-state index in [0.29, 0.717) is 17.8 Å². The van der Waals surface area contributed by atoms with Crippen LogP contribution in [0.5, 0.6) is 0 Å². The molecule has 1 aliphatic rings. The third kappa shape index (κ3) is 3.84. The van der Waals surface area contributed by atoms with Crippen molar-refractivity contribution in [3.05, 3.63) is 71.1 Å². The Morgan fingerprint density at radius 3 is 2.43 bits per heavy atom. The largest absolute Gasteiger partial charge is 0.507 e. The number of hydrogen-bond donors (Lipinski definition) is 1. The quantitative estimate of drug-likeness (QED) is 0.338. The smallest absolute Gasteiger partial charge is 0.295 e. The van der Waals surface area contributed by atoms with Gasteiger partial charge in [-0.2, -0.15) is 0 Å².